The molecule has 86 valence electrons. The van der Waals surface area contributed by atoms with E-state index >= 15 is 0 Å². The summed E-state index contributed by atoms with van der Waals surface area (Å²) in [5.41, 5.74) is 8.35. The van der Waals surface area contributed by atoms with E-state index in [1.165, 1.54) is 16.7 Å². The Labute approximate surface area is 102 Å². The van der Waals surface area contributed by atoms with Gasteiger partial charge in [0.1, 0.15) is 0 Å². The van der Waals surface area contributed by atoms with Crippen molar-refractivity contribution in [2.24, 2.45) is 0 Å². The molecule has 0 bridgehead atoms. The Hall–Kier alpha value is -1.70. The molecule has 0 saturated carbocycles. The standard InChI is InChI=1S/C15H16N2/c1-4-11-5-6-13-12(7-11)8-14-15(13)17-10(3)9(2)16-14/h5-7H,4,8H2,1-3H3. The molecule has 0 aliphatic heterocycles. The Balaban J connectivity index is 2.18. The Bertz CT molecular complexity index is 600. The largest absolute Gasteiger partial charge is 0.254 e. The van der Waals surface area contributed by atoms with Crippen molar-refractivity contribution in [1.82, 2.24) is 9.97 Å². The highest BCUT2D eigenvalue weighted by Gasteiger charge is 2.22. The smallest absolute Gasteiger partial charge is 0.0927 e. The van der Waals surface area contributed by atoms with Crippen molar-refractivity contribution < 1.29 is 0 Å². The third kappa shape index (κ3) is 1.55. The summed E-state index contributed by atoms with van der Waals surface area (Å²) in [6.07, 6.45) is 2.02. The predicted octanol–water partition coefficient (Wildman–Crippen LogP) is 3.23. The molecule has 17 heavy (non-hydrogen) atoms. The number of nitrogens with zero attached hydrogens (tertiary/aromatic N) is 2. The van der Waals surface area contributed by atoms with Crippen molar-refractivity contribution in [2.45, 2.75) is 33.6 Å². The van der Waals surface area contributed by atoms with E-state index in [0.29, 0.717) is 0 Å². The van der Waals surface area contributed by atoms with Crippen molar-refractivity contribution in [3.05, 3.63) is 46.4 Å². The monoisotopic (exact) mass is 224 g/mol. The lowest BCUT2D eigenvalue weighted by atomic mass is 10.0. The van der Waals surface area contributed by atoms with Crippen LogP contribution in [0.3, 0.4) is 0 Å². The maximum absolute atomic E-state index is 4.69. The van der Waals surface area contributed by atoms with Crippen molar-refractivity contribution in [2.75, 3.05) is 0 Å². The Kier molecular flexibility index (Phi) is 2.25. The molecule has 1 aliphatic carbocycles. The first-order valence-electron chi connectivity index (χ1n) is 6.15. The van der Waals surface area contributed by atoms with E-state index < -0.39 is 0 Å². The average molecular weight is 224 g/mol. The second-order valence-corrected chi connectivity index (χ2v) is 4.71. The molecule has 0 N–H and O–H groups in total. The second-order valence-electron chi connectivity index (χ2n) is 4.71. The van der Waals surface area contributed by atoms with Gasteiger partial charge in [-0.25, -0.2) is 4.98 Å². The average Bonchev–Trinajstić information content (AvgIpc) is 2.66. The van der Waals surface area contributed by atoms with E-state index in [1.807, 2.05) is 13.8 Å². The van der Waals surface area contributed by atoms with E-state index in [-0.39, 0.29) is 0 Å². The summed E-state index contributed by atoms with van der Waals surface area (Å²) in [6.45, 7) is 6.25. The van der Waals surface area contributed by atoms with Crippen LogP contribution in [0.2, 0.25) is 0 Å². The zero-order valence-corrected chi connectivity index (χ0v) is 10.5. The lowest BCUT2D eigenvalue weighted by Gasteiger charge is -2.04. The van der Waals surface area contributed by atoms with E-state index in [1.54, 1.807) is 0 Å². The molecule has 0 spiro atoms. The molecular formula is C15H16N2. The van der Waals surface area contributed by atoms with Crippen LogP contribution in [0.5, 0.6) is 0 Å². The van der Waals surface area contributed by atoms with Crippen LogP contribution in [0.1, 0.15) is 35.1 Å². The number of fused-ring (bicyclic) bond motifs is 3. The zero-order chi connectivity index (χ0) is 12.0. The van der Waals surface area contributed by atoms with Gasteiger partial charge in [0.15, 0.2) is 0 Å². The highest BCUT2D eigenvalue weighted by molar-refractivity contribution is 5.72. The van der Waals surface area contributed by atoms with Gasteiger partial charge in [0, 0.05) is 12.0 Å². The van der Waals surface area contributed by atoms with Crippen LogP contribution < -0.4 is 0 Å². The van der Waals surface area contributed by atoms with E-state index in [2.05, 4.69) is 35.1 Å². The van der Waals surface area contributed by atoms with Gasteiger partial charge >= 0.3 is 0 Å². The molecule has 3 rings (SSSR count). The summed E-state index contributed by atoms with van der Waals surface area (Å²) in [5, 5.41) is 0. The first-order chi connectivity index (χ1) is 8.19. The number of hydrogen-bond acceptors (Lipinski definition) is 2. The van der Waals surface area contributed by atoms with Gasteiger partial charge in [-0.2, -0.15) is 0 Å². The number of rotatable bonds is 1. The molecule has 2 heteroatoms. The summed E-state index contributed by atoms with van der Waals surface area (Å²) in [4.78, 5) is 9.35. The first kappa shape index (κ1) is 10.5. The fourth-order valence-corrected chi connectivity index (χ4v) is 2.41. The Morgan fingerprint density at radius 3 is 2.65 bits per heavy atom. The third-order valence-corrected chi connectivity index (χ3v) is 3.57. The molecule has 1 aliphatic rings. The van der Waals surface area contributed by atoms with Crippen LogP contribution in [0, 0.1) is 13.8 Å². The SMILES string of the molecule is CCc1ccc2c(c1)Cc1nc(C)c(C)nc1-2. The molecule has 0 amide bonds. The first-order valence-corrected chi connectivity index (χ1v) is 6.15. The number of aryl methyl sites for hydroxylation is 3. The second kappa shape index (κ2) is 3.66. The summed E-state index contributed by atoms with van der Waals surface area (Å²) >= 11 is 0. The molecule has 1 aromatic carbocycles. The highest BCUT2D eigenvalue weighted by atomic mass is 14.8. The van der Waals surface area contributed by atoms with Gasteiger partial charge in [-0.15, -0.1) is 0 Å². The minimum absolute atomic E-state index is 0.937. The van der Waals surface area contributed by atoms with E-state index in [0.717, 1.165) is 35.6 Å². The molecule has 1 heterocycles. The summed E-state index contributed by atoms with van der Waals surface area (Å²) in [7, 11) is 0. The minimum atomic E-state index is 0.937. The van der Waals surface area contributed by atoms with E-state index in [9.17, 15) is 0 Å². The molecule has 2 nitrogen and oxygen atoms in total. The lowest BCUT2D eigenvalue weighted by molar-refractivity contribution is 0.993. The number of aromatic nitrogens is 2. The van der Waals surface area contributed by atoms with Gasteiger partial charge < -0.3 is 0 Å². The van der Waals surface area contributed by atoms with Gasteiger partial charge in [-0.3, -0.25) is 4.98 Å². The van der Waals surface area contributed by atoms with Gasteiger partial charge in [0.25, 0.3) is 0 Å². The zero-order valence-electron chi connectivity index (χ0n) is 10.5. The molecule has 0 unspecified atom stereocenters. The van der Waals surface area contributed by atoms with Gasteiger partial charge in [0.05, 0.1) is 22.8 Å². The van der Waals surface area contributed by atoms with Crippen LogP contribution in [0.25, 0.3) is 11.3 Å². The Morgan fingerprint density at radius 1 is 1.12 bits per heavy atom. The topological polar surface area (TPSA) is 25.8 Å². The number of benzene rings is 1. The van der Waals surface area contributed by atoms with Crippen LogP contribution in [-0.2, 0) is 12.8 Å². The summed E-state index contributed by atoms with van der Waals surface area (Å²) in [5.74, 6) is 0. The molecule has 0 fully saturated rings. The highest BCUT2D eigenvalue weighted by Crippen LogP contribution is 2.35. The van der Waals surface area contributed by atoms with Crippen molar-refractivity contribution in [1.29, 1.82) is 0 Å². The Morgan fingerprint density at radius 2 is 1.88 bits per heavy atom. The third-order valence-electron chi connectivity index (χ3n) is 3.57. The van der Waals surface area contributed by atoms with Crippen LogP contribution >= 0.6 is 0 Å². The fraction of sp³-hybridized carbons (Fsp3) is 0.333. The fourth-order valence-electron chi connectivity index (χ4n) is 2.41. The van der Waals surface area contributed by atoms with E-state index in [4.69, 9.17) is 0 Å². The number of hydrogen-bond donors (Lipinski definition) is 0. The molecule has 0 saturated heterocycles. The van der Waals surface area contributed by atoms with Crippen LogP contribution in [0.15, 0.2) is 18.2 Å². The summed E-state index contributed by atoms with van der Waals surface area (Å²) < 4.78 is 0. The molecule has 1 aromatic heterocycles. The van der Waals surface area contributed by atoms with Crippen molar-refractivity contribution >= 4 is 0 Å². The lowest BCUT2D eigenvalue weighted by Crippen LogP contribution is -1.97. The maximum atomic E-state index is 4.69. The van der Waals surface area contributed by atoms with Crippen molar-refractivity contribution in [3.63, 3.8) is 0 Å². The van der Waals surface area contributed by atoms with Crippen LogP contribution in [0.4, 0.5) is 0 Å². The normalized spacial score (nSPS) is 12.4. The van der Waals surface area contributed by atoms with Gasteiger partial charge in [-0.05, 0) is 31.4 Å². The maximum Gasteiger partial charge on any atom is 0.0927 e. The summed E-state index contributed by atoms with van der Waals surface area (Å²) in [6, 6.07) is 6.69. The van der Waals surface area contributed by atoms with Crippen molar-refractivity contribution in [3.8, 4) is 11.3 Å². The van der Waals surface area contributed by atoms with Crippen LogP contribution in [-0.4, -0.2) is 9.97 Å². The molecule has 2 aromatic rings. The molecule has 0 radical (unpaired) electrons. The predicted molar refractivity (Wildman–Crippen MR) is 69.1 cm³/mol. The van der Waals surface area contributed by atoms with Gasteiger partial charge in [-0.1, -0.05) is 25.1 Å². The molecule has 0 atom stereocenters. The minimum Gasteiger partial charge on any atom is -0.254 e. The van der Waals surface area contributed by atoms with Gasteiger partial charge in [0.2, 0.25) is 0 Å². The quantitative estimate of drug-likeness (QED) is 0.634. The molecular weight excluding hydrogens is 208 g/mol.